The Balaban J connectivity index is 1.45. The lowest BCUT2D eigenvalue weighted by Gasteiger charge is -2.24. The van der Waals surface area contributed by atoms with E-state index in [4.69, 9.17) is 58.0 Å². The lowest BCUT2D eigenvalue weighted by atomic mass is 10.1. The van der Waals surface area contributed by atoms with Gasteiger partial charge < -0.3 is 10.6 Å². The Morgan fingerprint density at radius 2 is 1.67 bits per heavy atom. The van der Waals surface area contributed by atoms with Gasteiger partial charge in [0.2, 0.25) is 11.8 Å². The highest BCUT2D eigenvalue weighted by molar-refractivity contribution is 6.53. The van der Waals surface area contributed by atoms with Crippen molar-refractivity contribution >= 4 is 81.2 Å². The summed E-state index contributed by atoms with van der Waals surface area (Å²) in [6, 6.07) is 8.25. The molecule has 4 rings (SSSR count). The van der Waals surface area contributed by atoms with E-state index >= 15 is 0 Å². The number of hydrogen-bond acceptors (Lipinski definition) is 3. The highest BCUT2D eigenvalue weighted by Crippen LogP contribution is 2.65. The number of amides is 2. The minimum absolute atomic E-state index is 0.148. The van der Waals surface area contributed by atoms with E-state index in [0.29, 0.717) is 28.5 Å². The van der Waals surface area contributed by atoms with Crippen LogP contribution in [-0.4, -0.2) is 46.4 Å². The van der Waals surface area contributed by atoms with Crippen LogP contribution < -0.4 is 10.6 Å². The lowest BCUT2D eigenvalue weighted by molar-refractivity contribution is -0.150. The Labute approximate surface area is 230 Å². The number of nitrogens with one attached hydrogen (secondary N) is 2. The summed E-state index contributed by atoms with van der Waals surface area (Å²) in [6.07, 6.45) is -3.65. The number of carbonyl (C=O) groups excluding carboxylic acids is 2. The maximum Gasteiger partial charge on any atom is 0.401 e. The molecule has 0 spiro atoms. The third-order valence-electron chi connectivity index (χ3n) is 6.12. The second kappa shape index (κ2) is 10.4. The second-order valence-corrected chi connectivity index (χ2v) is 11.5. The number of anilines is 2. The van der Waals surface area contributed by atoms with Crippen LogP contribution in [0.3, 0.4) is 0 Å². The van der Waals surface area contributed by atoms with Gasteiger partial charge in [-0.2, -0.15) is 13.2 Å². The van der Waals surface area contributed by atoms with Crippen LogP contribution in [0, 0.1) is 5.92 Å². The predicted molar refractivity (Wildman–Crippen MR) is 136 cm³/mol. The first-order valence-electron chi connectivity index (χ1n) is 10.8. The van der Waals surface area contributed by atoms with E-state index < -0.39 is 46.7 Å². The first-order chi connectivity index (χ1) is 16.8. The lowest BCUT2D eigenvalue weighted by Crippen LogP contribution is -2.44. The van der Waals surface area contributed by atoms with Gasteiger partial charge in [-0.3, -0.25) is 14.5 Å². The Kier molecular flexibility index (Phi) is 7.97. The Morgan fingerprint density at radius 1 is 1.00 bits per heavy atom. The summed E-state index contributed by atoms with van der Waals surface area (Å²) >= 11 is 31.1. The summed E-state index contributed by atoms with van der Waals surface area (Å²) < 4.78 is 37.1. The van der Waals surface area contributed by atoms with Crippen LogP contribution >= 0.6 is 58.0 Å². The van der Waals surface area contributed by atoms with Crippen LogP contribution in [0.4, 0.5) is 24.5 Å². The van der Waals surface area contributed by atoms with Crippen molar-refractivity contribution in [1.82, 2.24) is 4.90 Å². The number of likely N-dealkylation sites (tertiary alicyclic amines) is 1. The van der Waals surface area contributed by atoms with Gasteiger partial charge in [-0.15, -0.1) is 23.2 Å². The third kappa shape index (κ3) is 6.17. The molecule has 2 aliphatic rings. The van der Waals surface area contributed by atoms with Crippen LogP contribution in [0.25, 0.3) is 0 Å². The summed E-state index contributed by atoms with van der Waals surface area (Å²) in [5.74, 6) is -2.44. The van der Waals surface area contributed by atoms with E-state index in [1.807, 2.05) is 0 Å². The normalized spacial score (nSPS) is 23.4. The first kappa shape index (κ1) is 27.6. The molecule has 1 aliphatic carbocycles. The number of hydrogen-bond donors (Lipinski definition) is 2. The molecule has 3 atom stereocenters. The van der Waals surface area contributed by atoms with E-state index in [2.05, 4.69) is 10.6 Å². The molecule has 2 aromatic carbocycles. The smallest absolute Gasteiger partial charge is 0.326 e. The van der Waals surface area contributed by atoms with Gasteiger partial charge in [0.05, 0.1) is 29.2 Å². The molecule has 2 fully saturated rings. The highest BCUT2D eigenvalue weighted by atomic mass is 35.5. The number of halogens is 8. The molecule has 1 saturated heterocycles. The van der Waals surface area contributed by atoms with Crippen LogP contribution in [0.15, 0.2) is 36.4 Å². The minimum Gasteiger partial charge on any atom is -0.326 e. The van der Waals surface area contributed by atoms with Crippen molar-refractivity contribution in [2.75, 3.05) is 23.7 Å². The SMILES string of the molecule is O=C(Nc1cc(NC(=O)[C@H]2[C@H](c3cc(Cl)cc(Cl)c3)C2(Cl)Cl)ccc1Cl)[C@H]1CCCN1CC(F)(F)F. The van der Waals surface area contributed by atoms with Crippen molar-refractivity contribution < 1.29 is 22.8 Å². The quantitative estimate of drug-likeness (QED) is 0.345. The van der Waals surface area contributed by atoms with Gasteiger partial charge in [-0.25, -0.2) is 0 Å². The topological polar surface area (TPSA) is 61.4 Å². The molecule has 5 nitrogen and oxygen atoms in total. The molecule has 0 unspecified atom stereocenters. The van der Waals surface area contributed by atoms with Gasteiger partial charge in [-0.1, -0.05) is 34.8 Å². The fourth-order valence-electron chi connectivity index (χ4n) is 4.50. The minimum atomic E-state index is -4.41. The van der Waals surface area contributed by atoms with Crippen LogP contribution in [0.5, 0.6) is 0 Å². The summed E-state index contributed by atoms with van der Waals surface area (Å²) in [5, 5.41) is 6.18. The van der Waals surface area contributed by atoms with Crippen molar-refractivity contribution in [3.8, 4) is 0 Å². The van der Waals surface area contributed by atoms with Crippen LogP contribution in [-0.2, 0) is 9.59 Å². The van der Waals surface area contributed by atoms with E-state index in [9.17, 15) is 22.8 Å². The summed E-state index contributed by atoms with van der Waals surface area (Å²) in [7, 11) is 0. The maximum absolute atomic E-state index is 13.0. The average molecular weight is 604 g/mol. The molecule has 2 aromatic rings. The van der Waals surface area contributed by atoms with Crippen molar-refractivity contribution in [1.29, 1.82) is 0 Å². The Hall–Kier alpha value is -1.42. The zero-order chi connectivity index (χ0) is 26.4. The molecule has 36 heavy (non-hydrogen) atoms. The second-order valence-electron chi connectivity index (χ2n) is 8.75. The fourth-order valence-corrected chi connectivity index (χ4v) is 6.04. The molecule has 0 radical (unpaired) electrons. The van der Waals surface area contributed by atoms with Crippen molar-refractivity contribution in [3.63, 3.8) is 0 Å². The molecule has 13 heteroatoms. The number of alkyl halides is 5. The van der Waals surface area contributed by atoms with Gasteiger partial charge in [0, 0.05) is 21.7 Å². The van der Waals surface area contributed by atoms with E-state index in [1.165, 1.54) is 18.2 Å². The zero-order valence-electron chi connectivity index (χ0n) is 18.3. The van der Waals surface area contributed by atoms with Crippen molar-refractivity contribution in [3.05, 3.63) is 57.0 Å². The number of nitrogens with zero attached hydrogens (tertiary/aromatic N) is 1. The Bertz CT molecular complexity index is 1170. The molecule has 1 saturated carbocycles. The average Bonchev–Trinajstić information content (AvgIpc) is 3.06. The van der Waals surface area contributed by atoms with E-state index in [0.717, 1.165) is 4.90 Å². The standard InChI is InChI=1S/C23H19Cl5F3N3O2/c24-12-6-11(7-13(25)8-12)18-19(23(18,27)28)21(36)32-14-3-4-15(26)16(9-14)33-20(35)17-2-1-5-34(17)10-22(29,30)31/h3-4,6-9,17-19H,1-2,5,10H2,(H,32,36)(H,33,35)/t17-,18+,19-/m1/s1. The summed E-state index contributed by atoms with van der Waals surface area (Å²) in [5.41, 5.74) is 1.05. The molecule has 0 bridgehead atoms. The predicted octanol–water partition coefficient (Wildman–Crippen LogP) is 7.14. The van der Waals surface area contributed by atoms with Gasteiger partial charge in [0.25, 0.3) is 0 Å². The zero-order valence-corrected chi connectivity index (χ0v) is 22.1. The molecule has 1 heterocycles. The number of benzene rings is 2. The molecular formula is C23H19Cl5F3N3O2. The van der Waals surface area contributed by atoms with Gasteiger partial charge in [0.15, 0.2) is 0 Å². The van der Waals surface area contributed by atoms with Crippen molar-refractivity contribution in [2.45, 2.75) is 35.3 Å². The molecule has 2 amide bonds. The first-order valence-corrected chi connectivity index (χ1v) is 12.7. The van der Waals surface area contributed by atoms with Crippen LogP contribution in [0.2, 0.25) is 15.1 Å². The summed E-state index contributed by atoms with van der Waals surface area (Å²) in [4.78, 5) is 26.8. The number of carbonyl (C=O) groups is 2. The molecule has 0 aromatic heterocycles. The largest absolute Gasteiger partial charge is 0.401 e. The van der Waals surface area contributed by atoms with Crippen molar-refractivity contribution in [2.24, 2.45) is 5.92 Å². The highest BCUT2D eigenvalue weighted by Gasteiger charge is 2.67. The van der Waals surface area contributed by atoms with E-state index in [-0.39, 0.29) is 22.9 Å². The third-order valence-corrected chi connectivity index (χ3v) is 7.83. The van der Waals surface area contributed by atoms with Gasteiger partial charge >= 0.3 is 6.18 Å². The molecule has 2 N–H and O–H groups in total. The van der Waals surface area contributed by atoms with Gasteiger partial charge in [-0.05, 0) is 61.3 Å². The van der Waals surface area contributed by atoms with E-state index in [1.54, 1.807) is 18.2 Å². The summed E-state index contributed by atoms with van der Waals surface area (Å²) in [6.45, 7) is -1.01. The maximum atomic E-state index is 13.0. The fraction of sp³-hybridized carbons (Fsp3) is 0.391. The van der Waals surface area contributed by atoms with Gasteiger partial charge in [0.1, 0.15) is 4.33 Å². The Morgan fingerprint density at radius 3 is 2.31 bits per heavy atom. The molecular weight excluding hydrogens is 585 g/mol. The number of rotatable bonds is 6. The molecule has 194 valence electrons. The monoisotopic (exact) mass is 601 g/mol. The molecule has 1 aliphatic heterocycles. The van der Waals surface area contributed by atoms with Crippen LogP contribution in [0.1, 0.15) is 24.3 Å².